The maximum Gasteiger partial charge on any atom is 0.343 e. The predicted octanol–water partition coefficient (Wildman–Crippen LogP) is 1.78. The molecule has 1 aliphatic heterocycles. The summed E-state index contributed by atoms with van der Waals surface area (Å²) in [5.41, 5.74) is 0. The topological polar surface area (TPSA) is 26.3 Å². The van der Waals surface area contributed by atoms with Crippen LogP contribution in [0.5, 0.6) is 0 Å². The number of esters is 1. The van der Waals surface area contributed by atoms with Crippen LogP contribution in [0.4, 0.5) is 0 Å². The zero-order valence-electron chi connectivity index (χ0n) is 6.21. The second kappa shape index (κ2) is 4.43. The standard InChI is InChI=1S/C8H9IO2/c1-2-11-8(10)7-5-3-4-6-9-7/h3-6H,2H2,1H3. The second-order valence-corrected chi connectivity index (χ2v) is 4.36. The van der Waals surface area contributed by atoms with E-state index in [1.807, 2.05) is 29.2 Å². The number of hydrogen-bond donors (Lipinski definition) is 0. The molecule has 0 radical (unpaired) electrons. The number of hydrogen-bond acceptors (Lipinski definition) is 2. The van der Waals surface area contributed by atoms with Crippen LogP contribution in [-0.4, -0.2) is 16.1 Å². The zero-order chi connectivity index (χ0) is 8.10. The zero-order valence-corrected chi connectivity index (χ0v) is 8.37. The van der Waals surface area contributed by atoms with E-state index in [2.05, 4.69) is 0 Å². The molecule has 0 amide bonds. The van der Waals surface area contributed by atoms with Gasteiger partial charge < -0.3 is 4.74 Å². The van der Waals surface area contributed by atoms with Gasteiger partial charge in [-0.05, 0) is 17.1 Å². The summed E-state index contributed by atoms with van der Waals surface area (Å²) in [6.45, 7) is 2.28. The maximum atomic E-state index is 11.1. The van der Waals surface area contributed by atoms with Crippen molar-refractivity contribution in [3.63, 3.8) is 0 Å². The highest BCUT2D eigenvalue weighted by Crippen LogP contribution is 2.10. The van der Waals surface area contributed by atoms with Crippen LogP contribution in [0, 0.1) is 0 Å². The molecule has 0 spiro atoms. The van der Waals surface area contributed by atoms with Crippen molar-refractivity contribution < 1.29 is 9.53 Å². The normalized spacial score (nSPS) is 15.2. The highest BCUT2D eigenvalue weighted by atomic mass is 127. The van der Waals surface area contributed by atoms with Crippen LogP contribution < -0.4 is 0 Å². The summed E-state index contributed by atoms with van der Waals surface area (Å²) in [4.78, 5) is 11.1. The molecular formula is C8H9IO2. The van der Waals surface area contributed by atoms with Gasteiger partial charge in [-0.25, -0.2) is 4.79 Å². The average molecular weight is 264 g/mol. The van der Waals surface area contributed by atoms with E-state index in [1.165, 1.54) is 0 Å². The average Bonchev–Trinajstić information content (AvgIpc) is 2.07. The first-order valence-corrected chi connectivity index (χ1v) is 5.67. The molecule has 0 saturated carbocycles. The Hall–Kier alpha value is -0.450. The van der Waals surface area contributed by atoms with Crippen molar-refractivity contribution in [2.75, 3.05) is 6.61 Å². The number of carbonyl (C=O) groups is 1. The lowest BCUT2D eigenvalue weighted by Crippen LogP contribution is -2.13. The van der Waals surface area contributed by atoms with E-state index in [0.29, 0.717) is 6.61 Å². The Kier molecular flexibility index (Phi) is 3.48. The minimum absolute atomic E-state index is 0.152. The SMILES string of the molecule is CCOC(=O)C1=IC=CC=C1. The van der Waals surface area contributed by atoms with Gasteiger partial charge in [-0.2, -0.15) is 0 Å². The van der Waals surface area contributed by atoms with E-state index < -0.39 is 0 Å². The summed E-state index contributed by atoms with van der Waals surface area (Å²) in [6.07, 6.45) is 5.68. The molecule has 1 heterocycles. The Balaban J connectivity index is 2.61. The van der Waals surface area contributed by atoms with Crippen molar-refractivity contribution in [2.24, 2.45) is 0 Å². The van der Waals surface area contributed by atoms with E-state index in [9.17, 15) is 4.79 Å². The van der Waals surface area contributed by atoms with Crippen molar-refractivity contribution in [1.82, 2.24) is 0 Å². The van der Waals surface area contributed by atoms with Crippen molar-refractivity contribution >= 4 is 30.2 Å². The van der Waals surface area contributed by atoms with Crippen molar-refractivity contribution in [2.45, 2.75) is 6.92 Å². The number of rotatable bonds is 2. The van der Waals surface area contributed by atoms with Gasteiger partial charge in [-0.1, -0.05) is 32.9 Å². The number of ether oxygens (including phenoxy) is 1. The number of allylic oxidation sites excluding steroid dienone is 2. The molecule has 1 aliphatic rings. The van der Waals surface area contributed by atoms with Gasteiger partial charge in [-0.15, -0.1) is 0 Å². The molecule has 11 heavy (non-hydrogen) atoms. The third-order valence-electron chi connectivity index (χ3n) is 1.08. The Morgan fingerprint density at radius 1 is 1.64 bits per heavy atom. The Bertz CT molecular complexity index is 238. The van der Waals surface area contributed by atoms with E-state index in [4.69, 9.17) is 4.74 Å². The van der Waals surface area contributed by atoms with Crippen LogP contribution in [0.2, 0.25) is 0 Å². The summed E-state index contributed by atoms with van der Waals surface area (Å²) in [5, 5.41) is 0. The Labute approximate surface area is 75.7 Å². The van der Waals surface area contributed by atoms with E-state index in [1.54, 1.807) is 0 Å². The Morgan fingerprint density at radius 3 is 3.00 bits per heavy atom. The van der Waals surface area contributed by atoms with E-state index in [-0.39, 0.29) is 26.7 Å². The molecule has 0 saturated heterocycles. The summed E-state index contributed by atoms with van der Waals surface area (Å²) >= 11 is -0.229. The molecule has 3 heteroatoms. The largest absolute Gasteiger partial charge is 0.462 e. The fraction of sp³-hybridized carbons (Fsp3) is 0.250. The van der Waals surface area contributed by atoms with Gasteiger partial charge in [0.15, 0.2) is 0 Å². The molecule has 0 fully saturated rings. The second-order valence-electron chi connectivity index (χ2n) is 1.86. The predicted molar refractivity (Wildman–Crippen MR) is 53.9 cm³/mol. The monoisotopic (exact) mass is 264 g/mol. The molecule has 0 atom stereocenters. The first-order valence-electron chi connectivity index (χ1n) is 3.35. The number of carbonyl (C=O) groups excluding carboxylic acids is 1. The molecule has 2 nitrogen and oxygen atoms in total. The third kappa shape index (κ3) is 2.57. The van der Waals surface area contributed by atoms with Crippen LogP contribution in [0.15, 0.2) is 22.3 Å². The lowest BCUT2D eigenvalue weighted by Gasteiger charge is -2.01. The van der Waals surface area contributed by atoms with E-state index >= 15 is 0 Å². The van der Waals surface area contributed by atoms with Crippen molar-refractivity contribution in [3.8, 4) is 0 Å². The van der Waals surface area contributed by atoms with Crippen LogP contribution in [0.3, 0.4) is 0 Å². The van der Waals surface area contributed by atoms with Gasteiger partial charge in [0.1, 0.15) is 0 Å². The number of halogens is 1. The van der Waals surface area contributed by atoms with Crippen LogP contribution in [0.25, 0.3) is 0 Å². The van der Waals surface area contributed by atoms with Crippen LogP contribution in [0.1, 0.15) is 6.92 Å². The molecular weight excluding hydrogens is 255 g/mol. The summed E-state index contributed by atoms with van der Waals surface area (Å²) in [6, 6.07) is 0. The lowest BCUT2D eigenvalue weighted by molar-refractivity contribution is -0.134. The summed E-state index contributed by atoms with van der Waals surface area (Å²) in [5.74, 6) is -0.152. The fourth-order valence-corrected chi connectivity index (χ4v) is 2.30. The highest BCUT2D eigenvalue weighted by Gasteiger charge is 2.06. The van der Waals surface area contributed by atoms with Crippen LogP contribution in [-0.2, 0) is 9.53 Å². The summed E-state index contributed by atoms with van der Waals surface area (Å²) < 4.78 is 7.74. The smallest absolute Gasteiger partial charge is 0.343 e. The quantitative estimate of drug-likeness (QED) is 0.561. The van der Waals surface area contributed by atoms with Gasteiger partial charge >= 0.3 is 5.97 Å². The molecule has 0 aliphatic carbocycles. The molecule has 0 aromatic rings. The Morgan fingerprint density at radius 2 is 2.45 bits per heavy atom. The molecule has 0 N–H and O–H groups in total. The maximum absolute atomic E-state index is 11.1. The van der Waals surface area contributed by atoms with Gasteiger partial charge in [0.05, 0.1) is 10.1 Å². The van der Waals surface area contributed by atoms with Crippen LogP contribution >= 0.6 is 20.7 Å². The van der Waals surface area contributed by atoms with E-state index in [0.717, 1.165) is 3.51 Å². The van der Waals surface area contributed by atoms with Gasteiger partial charge in [0.2, 0.25) is 0 Å². The minimum Gasteiger partial charge on any atom is -0.462 e. The van der Waals surface area contributed by atoms with Gasteiger partial charge in [-0.3, -0.25) is 0 Å². The molecule has 1 rings (SSSR count). The van der Waals surface area contributed by atoms with Gasteiger partial charge in [0.25, 0.3) is 0 Å². The molecule has 0 unspecified atom stereocenters. The van der Waals surface area contributed by atoms with Crippen molar-refractivity contribution in [1.29, 1.82) is 0 Å². The first-order chi connectivity index (χ1) is 5.34. The van der Waals surface area contributed by atoms with Gasteiger partial charge in [0, 0.05) is 0 Å². The minimum atomic E-state index is -0.229. The summed E-state index contributed by atoms with van der Waals surface area (Å²) in [7, 11) is 0. The van der Waals surface area contributed by atoms with Crippen molar-refractivity contribution in [3.05, 3.63) is 22.3 Å². The molecule has 60 valence electrons. The molecule has 0 aromatic heterocycles. The molecule has 0 aromatic carbocycles. The molecule has 0 bridgehead atoms. The fourth-order valence-electron chi connectivity index (χ4n) is 0.635. The highest BCUT2D eigenvalue weighted by molar-refractivity contribution is 14.2. The lowest BCUT2D eigenvalue weighted by atomic mass is 10.4. The third-order valence-corrected chi connectivity index (χ3v) is 3.32. The first kappa shape index (κ1) is 8.64.